The maximum absolute atomic E-state index is 2.40. The molecule has 60 heavy (non-hydrogen) atoms. The van der Waals surface area contributed by atoms with E-state index in [0.29, 0.717) is 0 Å². The molecule has 0 N–H and O–H groups in total. The molecule has 0 saturated heterocycles. The number of aryl methyl sites for hydroxylation is 1. The minimum Gasteiger partial charge on any atom is -0.310 e. The normalized spacial score (nSPS) is 11.4. The molecule has 0 aliphatic carbocycles. The lowest BCUT2D eigenvalue weighted by Gasteiger charge is -2.27. The van der Waals surface area contributed by atoms with E-state index in [4.69, 9.17) is 0 Å². The van der Waals surface area contributed by atoms with E-state index in [9.17, 15) is 0 Å². The molecule has 11 rings (SSSR count). The molecule has 0 amide bonds. The summed E-state index contributed by atoms with van der Waals surface area (Å²) in [6, 6.07) is 84.4. The molecule has 282 valence electrons. The molecule has 0 fully saturated rings. The van der Waals surface area contributed by atoms with Gasteiger partial charge in [-0.05, 0) is 149 Å². The predicted molar refractivity (Wildman–Crippen MR) is 258 cm³/mol. The second kappa shape index (κ2) is 14.9. The average Bonchev–Trinajstić information content (AvgIpc) is 3.31. The Bertz CT molecular complexity index is 3380. The Hall–Kier alpha value is -7.74. The van der Waals surface area contributed by atoms with Crippen LogP contribution in [0.3, 0.4) is 0 Å². The zero-order chi connectivity index (χ0) is 40.0. The van der Waals surface area contributed by atoms with Crippen molar-refractivity contribution in [1.29, 1.82) is 0 Å². The monoisotopic (exact) mass is 763 g/mol. The molecule has 1 heteroatoms. The van der Waals surface area contributed by atoms with Crippen LogP contribution in [0.4, 0.5) is 17.1 Å². The highest BCUT2D eigenvalue weighted by molar-refractivity contribution is 6.08. The van der Waals surface area contributed by atoms with Gasteiger partial charge in [-0.1, -0.05) is 182 Å². The highest BCUT2D eigenvalue weighted by Crippen LogP contribution is 2.41. The van der Waals surface area contributed by atoms with E-state index in [0.717, 1.165) is 17.1 Å². The van der Waals surface area contributed by atoms with Gasteiger partial charge in [-0.3, -0.25) is 0 Å². The van der Waals surface area contributed by atoms with Crippen molar-refractivity contribution in [3.63, 3.8) is 0 Å². The van der Waals surface area contributed by atoms with Gasteiger partial charge in [0.1, 0.15) is 0 Å². The summed E-state index contributed by atoms with van der Waals surface area (Å²) in [6.07, 6.45) is 0. The first-order valence-electron chi connectivity index (χ1n) is 20.7. The third-order valence-corrected chi connectivity index (χ3v) is 12.1. The molecule has 1 nitrogen and oxygen atoms in total. The Labute approximate surface area is 351 Å². The van der Waals surface area contributed by atoms with Crippen LogP contribution >= 0.6 is 0 Å². The maximum Gasteiger partial charge on any atom is 0.0467 e. The largest absolute Gasteiger partial charge is 0.310 e. The van der Waals surface area contributed by atoms with E-state index < -0.39 is 0 Å². The average molecular weight is 764 g/mol. The summed E-state index contributed by atoms with van der Waals surface area (Å²) in [5.41, 5.74) is 14.2. The Kier molecular flexibility index (Phi) is 8.79. The molecular weight excluding hydrogens is 723 g/mol. The van der Waals surface area contributed by atoms with Crippen molar-refractivity contribution in [1.82, 2.24) is 0 Å². The van der Waals surface area contributed by atoms with Crippen molar-refractivity contribution < 1.29 is 0 Å². The summed E-state index contributed by atoms with van der Waals surface area (Å²) in [7, 11) is 0. The van der Waals surface area contributed by atoms with E-state index >= 15 is 0 Å². The van der Waals surface area contributed by atoms with Crippen molar-refractivity contribution in [3.05, 3.63) is 236 Å². The van der Waals surface area contributed by atoms with Gasteiger partial charge in [-0.2, -0.15) is 0 Å². The predicted octanol–water partition coefficient (Wildman–Crippen LogP) is 16.7. The second-order valence-electron chi connectivity index (χ2n) is 15.8. The van der Waals surface area contributed by atoms with E-state index in [-0.39, 0.29) is 0 Å². The number of fused-ring (bicyclic) bond motifs is 5. The molecule has 11 aromatic carbocycles. The lowest BCUT2D eigenvalue weighted by atomic mass is 9.93. The van der Waals surface area contributed by atoms with Gasteiger partial charge in [-0.25, -0.2) is 0 Å². The summed E-state index contributed by atoms with van der Waals surface area (Å²) in [4.78, 5) is 2.40. The number of nitrogens with zero attached hydrogens (tertiary/aromatic N) is 1. The number of hydrogen-bond acceptors (Lipinski definition) is 1. The van der Waals surface area contributed by atoms with Crippen LogP contribution in [0.25, 0.3) is 87.6 Å². The van der Waals surface area contributed by atoms with Gasteiger partial charge in [0.05, 0.1) is 0 Å². The molecule has 0 spiro atoms. The van der Waals surface area contributed by atoms with Crippen molar-refractivity contribution in [2.24, 2.45) is 0 Å². The standard InChI is InChI=1S/C59H41N/c1-40-12-6-16-44-17-11-27-58(59(40)44)49-21-7-18-45(36-49)46-19-8-22-52(38-46)60(51-33-30-43(31-34-51)56-26-10-15-41-13-2-4-24-54(41)56)53-23-9-20-47(39-53)48-32-35-57-50(37-48)29-28-42-14-3-5-25-55(42)57/h2-39H,1H3. The zero-order valence-corrected chi connectivity index (χ0v) is 33.4. The number of anilines is 3. The fourth-order valence-corrected chi connectivity index (χ4v) is 9.19. The Balaban J connectivity index is 1.02. The SMILES string of the molecule is Cc1cccc2cccc(-c3cccc(-c4cccc(N(c5ccc(-c6cccc7ccccc67)cc5)c5cccc(-c6ccc7c(ccc8ccccc87)c6)c5)c4)c3)c12. The van der Waals surface area contributed by atoms with Gasteiger partial charge < -0.3 is 4.90 Å². The van der Waals surface area contributed by atoms with Crippen molar-refractivity contribution >= 4 is 60.2 Å². The fourth-order valence-electron chi connectivity index (χ4n) is 9.19. The van der Waals surface area contributed by atoms with Crippen molar-refractivity contribution in [2.45, 2.75) is 6.92 Å². The summed E-state index contributed by atoms with van der Waals surface area (Å²) >= 11 is 0. The smallest absolute Gasteiger partial charge is 0.0467 e. The second-order valence-corrected chi connectivity index (χ2v) is 15.8. The minimum absolute atomic E-state index is 1.10. The zero-order valence-electron chi connectivity index (χ0n) is 33.4. The minimum atomic E-state index is 1.10. The van der Waals surface area contributed by atoms with Gasteiger partial charge in [0, 0.05) is 17.1 Å². The van der Waals surface area contributed by atoms with Crippen LogP contribution in [0, 0.1) is 6.92 Å². The van der Waals surface area contributed by atoms with E-state index in [1.165, 1.54) is 93.2 Å². The Morgan fingerprint density at radius 2 is 0.767 bits per heavy atom. The molecule has 0 saturated carbocycles. The van der Waals surface area contributed by atoms with Crippen LogP contribution in [-0.2, 0) is 0 Å². The number of hydrogen-bond donors (Lipinski definition) is 0. The highest BCUT2D eigenvalue weighted by atomic mass is 15.1. The van der Waals surface area contributed by atoms with E-state index in [2.05, 4.69) is 242 Å². The summed E-state index contributed by atoms with van der Waals surface area (Å²) in [5.74, 6) is 0. The quantitative estimate of drug-likeness (QED) is 0.146. The van der Waals surface area contributed by atoms with Gasteiger partial charge in [0.25, 0.3) is 0 Å². The summed E-state index contributed by atoms with van der Waals surface area (Å²) < 4.78 is 0. The lowest BCUT2D eigenvalue weighted by molar-refractivity contribution is 1.28. The molecule has 0 aliphatic rings. The van der Waals surface area contributed by atoms with E-state index in [1.54, 1.807) is 0 Å². The highest BCUT2D eigenvalue weighted by Gasteiger charge is 2.16. The maximum atomic E-state index is 2.40. The molecule has 0 aromatic heterocycles. The summed E-state index contributed by atoms with van der Waals surface area (Å²) in [6.45, 7) is 2.21. The third kappa shape index (κ3) is 6.38. The van der Waals surface area contributed by atoms with Gasteiger partial charge in [-0.15, -0.1) is 0 Å². The molecular formula is C59H41N. The fraction of sp³-hybridized carbons (Fsp3) is 0.0169. The Morgan fingerprint density at radius 1 is 0.267 bits per heavy atom. The van der Waals surface area contributed by atoms with Crippen LogP contribution in [-0.4, -0.2) is 0 Å². The number of benzene rings is 11. The van der Waals surface area contributed by atoms with E-state index in [1.807, 2.05) is 0 Å². The molecule has 0 radical (unpaired) electrons. The first-order valence-corrected chi connectivity index (χ1v) is 20.7. The number of rotatable bonds is 7. The molecule has 0 unspecified atom stereocenters. The molecule has 0 aliphatic heterocycles. The molecule has 11 aromatic rings. The lowest BCUT2D eigenvalue weighted by Crippen LogP contribution is -2.10. The summed E-state index contributed by atoms with van der Waals surface area (Å²) in [5, 5.41) is 10.1. The van der Waals surface area contributed by atoms with Crippen LogP contribution in [0.2, 0.25) is 0 Å². The third-order valence-electron chi connectivity index (χ3n) is 12.1. The van der Waals surface area contributed by atoms with Gasteiger partial charge in [0.2, 0.25) is 0 Å². The first kappa shape index (κ1) is 35.4. The topological polar surface area (TPSA) is 3.24 Å². The van der Waals surface area contributed by atoms with Crippen LogP contribution < -0.4 is 4.90 Å². The molecule has 0 atom stereocenters. The van der Waals surface area contributed by atoms with Crippen molar-refractivity contribution in [3.8, 4) is 44.5 Å². The van der Waals surface area contributed by atoms with Crippen LogP contribution in [0.5, 0.6) is 0 Å². The van der Waals surface area contributed by atoms with Crippen molar-refractivity contribution in [2.75, 3.05) is 4.90 Å². The van der Waals surface area contributed by atoms with Gasteiger partial charge in [0.15, 0.2) is 0 Å². The molecule has 0 bridgehead atoms. The van der Waals surface area contributed by atoms with Crippen LogP contribution in [0.1, 0.15) is 5.56 Å². The molecule has 0 heterocycles. The first-order chi connectivity index (χ1) is 29.6. The van der Waals surface area contributed by atoms with Crippen LogP contribution in [0.15, 0.2) is 231 Å². The Morgan fingerprint density at radius 3 is 1.52 bits per heavy atom. The van der Waals surface area contributed by atoms with Gasteiger partial charge >= 0.3 is 0 Å².